The molecule has 2 heteroatoms. The molecule has 2 N–H and O–H groups in total. The molecule has 70 valence electrons. The summed E-state index contributed by atoms with van der Waals surface area (Å²) < 4.78 is 0. The minimum absolute atomic E-state index is 0.607. The third kappa shape index (κ3) is 6.21. The van der Waals surface area contributed by atoms with Gasteiger partial charge in [0.2, 0.25) is 0 Å². The molecule has 0 spiro atoms. The molecule has 0 aromatic carbocycles. The van der Waals surface area contributed by atoms with Gasteiger partial charge in [-0.3, -0.25) is 0 Å². The van der Waals surface area contributed by atoms with Crippen LogP contribution in [0.5, 0.6) is 0 Å². The molecule has 0 heterocycles. The largest absolute Gasteiger partial charge is 0.378 e. The number of hydrogen-bond donors (Lipinski definition) is 2. The molecule has 0 aromatic heterocycles. The Morgan fingerprint density at radius 2 is 2.17 bits per heavy atom. The van der Waals surface area contributed by atoms with Crippen LogP contribution in [-0.2, 0) is 0 Å². The highest BCUT2D eigenvalue weighted by Gasteiger charge is 2.14. The molecule has 12 heavy (non-hydrogen) atoms. The predicted molar refractivity (Wildman–Crippen MR) is 51.8 cm³/mol. The summed E-state index contributed by atoms with van der Waals surface area (Å²) in [5.41, 5.74) is -0.954. The Labute approximate surface area is 75.4 Å². The lowest BCUT2D eigenvalue weighted by Gasteiger charge is -2.16. The SMILES string of the molecule is C#CC(C)(O)CCNCC(C)C. The maximum absolute atomic E-state index is 9.41. The van der Waals surface area contributed by atoms with Gasteiger partial charge in [0.1, 0.15) is 5.60 Å². The fourth-order valence-corrected chi connectivity index (χ4v) is 0.795. The summed E-state index contributed by atoms with van der Waals surface area (Å²) in [4.78, 5) is 0. The molecule has 0 bridgehead atoms. The van der Waals surface area contributed by atoms with E-state index in [1.807, 2.05) is 0 Å². The average Bonchev–Trinajstić information content (AvgIpc) is 1.98. The first-order valence-corrected chi connectivity index (χ1v) is 4.39. The minimum atomic E-state index is -0.954. The summed E-state index contributed by atoms with van der Waals surface area (Å²) in [6, 6.07) is 0. The highest BCUT2D eigenvalue weighted by atomic mass is 16.3. The smallest absolute Gasteiger partial charge is 0.123 e. The Hall–Kier alpha value is -0.520. The Morgan fingerprint density at radius 1 is 1.58 bits per heavy atom. The first-order chi connectivity index (χ1) is 5.48. The minimum Gasteiger partial charge on any atom is -0.378 e. The topological polar surface area (TPSA) is 32.3 Å². The van der Waals surface area contributed by atoms with Gasteiger partial charge in [-0.25, -0.2) is 0 Å². The first kappa shape index (κ1) is 11.5. The molecule has 0 radical (unpaired) electrons. The third-order valence-corrected chi connectivity index (χ3v) is 1.65. The van der Waals surface area contributed by atoms with Crippen LogP contribution in [0.1, 0.15) is 27.2 Å². The van der Waals surface area contributed by atoms with Gasteiger partial charge in [0.25, 0.3) is 0 Å². The summed E-state index contributed by atoms with van der Waals surface area (Å²) in [6.45, 7) is 7.69. The molecule has 0 aliphatic heterocycles. The van der Waals surface area contributed by atoms with Crippen LogP contribution in [-0.4, -0.2) is 23.8 Å². The fraction of sp³-hybridized carbons (Fsp3) is 0.800. The molecular formula is C10H19NO. The summed E-state index contributed by atoms with van der Waals surface area (Å²) in [5.74, 6) is 2.98. The van der Waals surface area contributed by atoms with Crippen molar-refractivity contribution < 1.29 is 5.11 Å². The molecule has 0 saturated heterocycles. The lowest BCUT2D eigenvalue weighted by molar-refractivity contribution is 0.112. The van der Waals surface area contributed by atoms with Gasteiger partial charge in [0.15, 0.2) is 0 Å². The standard InChI is InChI=1S/C10H19NO/c1-5-10(4,12)6-7-11-8-9(2)3/h1,9,11-12H,6-8H2,2-4H3. The van der Waals surface area contributed by atoms with Crippen LogP contribution in [0.2, 0.25) is 0 Å². The van der Waals surface area contributed by atoms with Crippen molar-refractivity contribution in [2.75, 3.05) is 13.1 Å². The highest BCUT2D eigenvalue weighted by molar-refractivity contribution is 5.04. The van der Waals surface area contributed by atoms with Gasteiger partial charge in [-0.2, -0.15) is 0 Å². The van der Waals surface area contributed by atoms with E-state index >= 15 is 0 Å². The van der Waals surface area contributed by atoms with Crippen LogP contribution < -0.4 is 5.32 Å². The second-order valence-electron chi connectivity index (χ2n) is 3.77. The molecule has 0 aromatic rings. The number of aliphatic hydroxyl groups is 1. The normalized spacial score (nSPS) is 15.7. The third-order valence-electron chi connectivity index (χ3n) is 1.65. The second-order valence-corrected chi connectivity index (χ2v) is 3.77. The molecular weight excluding hydrogens is 150 g/mol. The predicted octanol–water partition coefficient (Wildman–Crippen LogP) is 1.01. The van der Waals surface area contributed by atoms with Gasteiger partial charge in [-0.05, 0) is 32.4 Å². The Balaban J connectivity index is 3.39. The quantitative estimate of drug-likeness (QED) is 0.475. The van der Waals surface area contributed by atoms with Crippen molar-refractivity contribution >= 4 is 0 Å². The van der Waals surface area contributed by atoms with Crippen molar-refractivity contribution in [1.29, 1.82) is 0 Å². The van der Waals surface area contributed by atoms with Crippen LogP contribution in [0.4, 0.5) is 0 Å². The molecule has 0 aliphatic rings. The van der Waals surface area contributed by atoms with Gasteiger partial charge in [-0.15, -0.1) is 6.42 Å². The van der Waals surface area contributed by atoms with Crippen molar-refractivity contribution in [3.63, 3.8) is 0 Å². The maximum Gasteiger partial charge on any atom is 0.123 e. The van der Waals surface area contributed by atoms with Crippen molar-refractivity contribution in [1.82, 2.24) is 5.32 Å². The van der Waals surface area contributed by atoms with E-state index in [0.29, 0.717) is 12.3 Å². The van der Waals surface area contributed by atoms with E-state index in [1.54, 1.807) is 6.92 Å². The zero-order valence-corrected chi connectivity index (χ0v) is 8.22. The summed E-state index contributed by atoms with van der Waals surface area (Å²) in [6.07, 6.45) is 5.73. The van der Waals surface area contributed by atoms with Crippen molar-refractivity contribution in [2.45, 2.75) is 32.8 Å². The van der Waals surface area contributed by atoms with Crippen molar-refractivity contribution in [3.8, 4) is 12.3 Å². The molecule has 0 fully saturated rings. The van der Waals surface area contributed by atoms with E-state index in [9.17, 15) is 5.11 Å². The van der Waals surface area contributed by atoms with Crippen LogP contribution in [0.15, 0.2) is 0 Å². The Bertz CT molecular complexity index is 156. The average molecular weight is 169 g/mol. The van der Waals surface area contributed by atoms with E-state index in [1.165, 1.54) is 0 Å². The molecule has 0 saturated carbocycles. The first-order valence-electron chi connectivity index (χ1n) is 4.39. The highest BCUT2D eigenvalue weighted by Crippen LogP contribution is 2.05. The molecule has 1 atom stereocenters. The Kier molecular flexibility index (Phi) is 4.96. The maximum atomic E-state index is 9.41. The zero-order chi connectivity index (χ0) is 9.61. The Morgan fingerprint density at radius 3 is 2.58 bits per heavy atom. The van der Waals surface area contributed by atoms with E-state index in [4.69, 9.17) is 6.42 Å². The van der Waals surface area contributed by atoms with E-state index in [2.05, 4.69) is 25.1 Å². The van der Waals surface area contributed by atoms with Crippen molar-refractivity contribution in [2.24, 2.45) is 5.92 Å². The van der Waals surface area contributed by atoms with Crippen molar-refractivity contribution in [3.05, 3.63) is 0 Å². The lowest BCUT2D eigenvalue weighted by Crippen LogP contribution is -2.29. The summed E-state index contributed by atoms with van der Waals surface area (Å²) in [5, 5.41) is 12.6. The van der Waals surface area contributed by atoms with Crippen LogP contribution in [0.3, 0.4) is 0 Å². The zero-order valence-electron chi connectivity index (χ0n) is 8.22. The van der Waals surface area contributed by atoms with E-state index < -0.39 is 5.60 Å². The van der Waals surface area contributed by atoms with Gasteiger partial charge >= 0.3 is 0 Å². The molecule has 1 unspecified atom stereocenters. The van der Waals surface area contributed by atoms with Gasteiger partial charge in [-0.1, -0.05) is 19.8 Å². The molecule has 0 rings (SSSR count). The molecule has 0 amide bonds. The van der Waals surface area contributed by atoms with E-state index in [0.717, 1.165) is 13.1 Å². The van der Waals surface area contributed by atoms with Gasteiger partial charge in [0, 0.05) is 0 Å². The van der Waals surface area contributed by atoms with Crippen LogP contribution >= 0.6 is 0 Å². The van der Waals surface area contributed by atoms with Crippen LogP contribution in [0, 0.1) is 18.3 Å². The second kappa shape index (κ2) is 5.18. The summed E-state index contributed by atoms with van der Waals surface area (Å²) in [7, 11) is 0. The number of nitrogens with one attached hydrogen (secondary N) is 1. The van der Waals surface area contributed by atoms with Gasteiger partial charge < -0.3 is 10.4 Å². The van der Waals surface area contributed by atoms with Crippen LogP contribution in [0.25, 0.3) is 0 Å². The number of terminal acetylenes is 1. The summed E-state index contributed by atoms with van der Waals surface area (Å²) >= 11 is 0. The van der Waals surface area contributed by atoms with Gasteiger partial charge in [0.05, 0.1) is 0 Å². The molecule has 2 nitrogen and oxygen atoms in total. The van der Waals surface area contributed by atoms with E-state index in [-0.39, 0.29) is 0 Å². The molecule has 0 aliphatic carbocycles. The number of rotatable bonds is 5. The monoisotopic (exact) mass is 169 g/mol. The fourth-order valence-electron chi connectivity index (χ4n) is 0.795. The number of hydrogen-bond acceptors (Lipinski definition) is 2. The lowest BCUT2D eigenvalue weighted by atomic mass is 10.0.